The van der Waals surface area contributed by atoms with Gasteiger partial charge in [0, 0.05) is 5.33 Å². The first-order chi connectivity index (χ1) is 15.3. The molecule has 0 fully saturated rings. The molecule has 0 aromatic rings. The SMILES string of the molecule is COC(=O)CCOCCOCCOCCOCCOCCOCCOCCOCCBr. The van der Waals surface area contributed by atoms with Gasteiger partial charge in [-0.2, -0.15) is 0 Å². The summed E-state index contributed by atoms with van der Waals surface area (Å²) >= 11 is 3.29. The number of carbonyl (C=O) groups excluding carboxylic acids is 1. The minimum atomic E-state index is -0.280. The van der Waals surface area contributed by atoms with Crippen molar-refractivity contribution in [3.8, 4) is 0 Å². The molecule has 0 aliphatic carbocycles. The van der Waals surface area contributed by atoms with Gasteiger partial charge in [-0.1, -0.05) is 15.9 Å². The highest BCUT2D eigenvalue weighted by molar-refractivity contribution is 9.09. The standard InChI is InChI=1S/C20H39BrO10/c1-23-20(22)2-4-24-6-8-26-10-12-28-14-16-30-18-19-31-17-15-29-13-11-27-9-7-25-5-3-21/h2-19H2,1H3. The summed E-state index contributed by atoms with van der Waals surface area (Å²) in [6, 6.07) is 0. The quantitative estimate of drug-likeness (QED) is 0.0938. The molecule has 0 spiro atoms. The summed E-state index contributed by atoms with van der Waals surface area (Å²) in [4.78, 5) is 10.9. The minimum absolute atomic E-state index is 0.253. The van der Waals surface area contributed by atoms with Crippen molar-refractivity contribution in [2.75, 3.05) is 118 Å². The van der Waals surface area contributed by atoms with Crippen LogP contribution in [0.15, 0.2) is 0 Å². The number of hydrogen-bond donors (Lipinski definition) is 0. The normalized spacial score (nSPS) is 11.2. The third-order valence-electron chi connectivity index (χ3n) is 3.50. The molecule has 11 heteroatoms. The second-order valence-corrected chi connectivity index (χ2v) is 6.71. The number of esters is 1. The molecule has 0 amide bonds. The van der Waals surface area contributed by atoms with Crippen molar-refractivity contribution < 1.29 is 47.4 Å². The number of hydrogen-bond acceptors (Lipinski definition) is 10. The summed E-state index contributed by atoms with van der Waals surface area (Å²) in [5.74, 6) is -0.280. The Balaban J connectivity index is 3.01. The molecule has 0 bridgehead atoms. The highest BCUT2D eigenvalue weighted by Crippen LogP contribution is 1.88. The molecule has 0 radical (unpaired) electrons. The smallest absolute Gasteiger partial charge is 0.307 e. The van der Waals surface area contributed by atoms with Gasteiger partial charge in [-0.05, 0) is 0 Å². The van der Waals surface area contributed by atoms with E-state index in [2.05, 4.69) is 20.7 Å². The maximum atomic E-state index is 10.9. The van der Waals surface area contributed by atoms with Crippen LogP contribution in [0.2, 0.25) is 0 Å². The van der Waals surface area contributed by atoms with Crippen LogP contribution < -0.4 is 0 Å². The first kappa shape index (κ1) is 30.6. The largest absolute Gasteiger partial charge is 0.469 e. The third kappa shape index (κ3) is 27.6. The van der Waals surface area contributed by atoms with Crippen LogP contribution in [0.3, 0.4) is 0 Å². The molecule has 0 saturated heterocycles. The zero-order valence-corrected chi connectivity index (χ0v) is 20.3. The number of ether oxygens (including phenoxy) is 9. The van der Waals surface area contributed by atoms with Crippen molar-refractivity contribution in [3.63, 3.8) is 0 Å². The molecule has 0 rings (SSSR count). The molecule has 10 nitrogen and oxygen atoms in total. The second kappa shape index (κ2) is 27.7. The first-order valence-electron chi connectivity index (χ1n) is 10.6. The van der Waals surface area contributed by atoms with Gasteiger partial charge in [0.15, 0.2) is 0 Å². The molecule has 186 valence electrons. The molecule has 0 aromatic heterocycles. The Morgan fingerprint density at radius 2 is 0.742 bits per heavy atom. The monoisotopic (exact) mass is 518 g/mol. The Labute approximate surface area is 194 Å². The molecule has 0 unspecified atom stereocenters. The predicted octanol–water partition coefficient (Wildman–Crippen LogP) is 1.08. The Kier molecular flexibility index (Phi) is 27.3. The number of carbonyl (C=O) groups is 1. The molecule has 0 atom stereocenters. The van der Waals surface area contributed by atoms with Crippen LogP contribution in [-0.4, -0.2) is 124 Å². The second-order valence-electron chi connectivity index (χ2n) is 5.91. The van der Waals surface area contributed by atoms with Crippen LogP contribution in [-0.2, 0) is 47.4 Å². The van der Waals surface area contributed by atoms with E-state index in [0.717, 1.165) is 5.33 Å². The van der Waals surface area contributed by atoms with Crippen LogP contribution in [0, 0.1) is 0 Å². The fourth-order valence-corrected chi connectivity index (χ4v) is 2.18. The van der Waals surface area contributed by atoms with Crippen molar-refractivity contribution >= 4 is 21.9 Å². The van der Waals surface area contributed by atoms with Crippen molar-refractivity contribution in [2.24, 2.45) is 0 Å². The molecule has 0 saturated carbocycles. The van der Waals surface area contributed by atoms with Crippen LogP contribution >= 0.6 is 15.9 Å². The summed E-state index contributed by atoms with van der Waals surface area (Å²) in [7, 11) is 1.35. The maximum Gasteiger partial charge on any atom is 0.307 e. The van der Waals surface area contributed by atoms with Crippen molar-refractivity contribution in [1.82, 2.24) is 0 Å². The fraction of sp³-hybridized carbons (Fsp3) is 0.950. The third-order valence-corrected chi connectivity index (χ3v) is 3.83. The van der Waals surface area contributed by atoms with Crippen LogP contribution in [0.4, 0.5) is 0 Å². The molecule has 0 aliphatic heterocycles. The molecular weight excluding hydrogens is 480 g/mol. The van der Waals surface area contributed by atoms with E-state index < -0.39 is 0 Å². The van der Waals surface area contributed by atoms with Crippen LogP contribution in [0.25, 0.3) is 0 Å². The lowest BCUT2D eigenvalue weighted by atomic mass is 10.5. The van der Waals surface area contributed by atoms with Gasteiger partial charge >= 0.3 is 5.97 Å². The Morgan fingerprint density at radius 3 is 1.00 bits per heavy atom. The lowest BCUT2D eigenvalue weighted by Crippen LogP contribution is -2.15. The van der Waals surface area contributed by atoms with Crippen LogP contribution in [0.5, 0.6) is 0 Å². The van der Waals surface area contributed by atoms with Crippen molar-refractivity contribution in [3.05, 3.63) is 0 Å². The molecule has 31 heavy (non-hydrogen) atoms. The average Bonchev–Trinajstić information content (AvgIpc) is 2.78. The number of rotatable bonds is 26. The minimum Gasteiger partial charge on any atom is -0.469 e. The van der Waals surface area contributed by atoms with Crippen LogP contribution in [0.1, 0.15) is 6.42 Å². The van der Waals surface area contributed by atoms with Gasteiger partial charge in [-0.25, -0.2) is 0 Å². The fourth-order valence-electron chi connectivity index (χ4n) is 1.95. The number of methoxy groups -OCH3 is 1. The van der Waals surface area contributed by atoms with Gasteiger partial charge in [-0.15, -0.1) is 0 Å². The topological polar surface area (TPSA) is 100 Å². The molecule has 0 heterocycles. The van der Waals surface area contributed by atoms with Gasteiger partial charge < -0.3 is 42.6 Å². The van der Waals surface area contributed by atoms with Gasteiger partial charge in [-0.3, -0.25) is 4.79 Å². The van der Waals surface area contributed by atoms with Crippen molar-refractivity contribution in [1.29, 1.82) is 0 Å². The average molecular weight is 519 g/mol. The molecule has 0 aliphatic rings. The predicted molar refractivity (Wildman–Crippen MR) is 117 cm³/mol. The molecular formula is C20H39BrO10. The van der Waals surface area contributed by atoms with E-state index >= 15 is 0 Å². The van der Waals surface area contributed by atoms with E-state index in [9.17, 15) is 4.79 Å². The summed E-state index contributed by atoms with van der Waals surface area (Å²) in [6.07, 6.45) is 0.253. The first-order valence-corrected chi connectivity index (χ1v) is 11.7. The summed E-state index contributed by atoms with van der Waals surface area (Å²) in [5.41, 5.74) is 0. The Morgan fingerprint density at radius 1 is 0.484 bits per heavy atom. The zero-order chi connectivity index (χ0) is 22.7. The summed E-state index contributed by atoms with van der Waals surface area (Å²) in [6.45, 7) is 8.28. The van der Waals surface area contributed by atoms with E-state index in [1.807, 2.05) is 0 Å². The summed E-state index contributed by atoms with van der Waals surface area (Å²) in [5, 5.41) is 0.838. The van der Waals surface area contributed by atoms with E-state index in [-0.39, 0.29) is 12.4 Å². The highest BCUT2D eigenvalue weighted by Gasteiger charge is 1.99. The lowest BCUT2D eigenvalue weighted by molar-refractivity contribution is -0.141. The van der Waals surface area contributed by atoms with Crippen molar-refractivity contribution in [2.45, 2.75) is 6.42 Å². The van der Waals surface area contributed by atoms with E-state index in [1.165, 1.54) is 7.11 Å². The van der Waals surface area contributed by atoms with E-state index in [0.29, 0.717) is 106 Å². The van der Waals surface area contributed by atoms with E-state index in [4.69, 9.17) is 37.9 Å². The molecule has 0 aromatic carbocycles. The van der Waals surface area contributed by atoms with Gasteiger partial charge in [0.05, 0.1) is 119 Å². The van der Waals surface area contributed by atoms with E-state index in [1.54, 1.807) is 0 Å². The van der Waals surface area contributed by atoms with Gasteiger partial charge in [0.1, 0.15) is 0 Å². The number of halogens is 1. The highest BCUT2D eigenvalue weighted by atomic mass is 79.9. The summed E-state index contributed by atoms with van der Waals surface area (Å²) < 4.78 is 47.3. The molecule has 0 N–H and O–H groups in total. The van der Waals surface area contributed by atoms with Gasteiger partial charge in [0.25, 0.3) is 0 Å². The number of alkyl halides is 1. The zero-order valence-electron chi connectivity index (χ0n) is 18.7. The maximum absolute atomic E-state index is 10.9. The Bertz CT molecular complexity index is 363. The van der Waals surface area contributed by atoms with Gasteiger partial charge in [0.2, 0.25) is 0 Å². The Hall–Kier alpha value is -0.370. The lowest BCUT2D eigenvalue weighted by Gasteiger charge is -2.08.